The van der Waals surface area contributed by atoms with Crippen LogP contribution >= 0.6 is 22.9 Å². The topological polar surface area (TPSA) is 81.2 Å². The van der Waals surface area contributed by atoms with Crippen LogP contribution in [0, 0.1) is 0 Å². The third kappa shape index (κ3) is 4.25. The first-order chi connectivity index (χ1) is 10.3. The number of amides is 1. The van der Waals surface area contributed by atoms with Gasteiger partial charge in [-0.15, -0.1) is 11.3 Å². The van der Waals surface area contributed by atoms with E-state index in [1.54, 1.807) is 12.1 Å². The molecule has 0 aliphatic carbocycles. The fraction of sp³-hybridized carbons (Fsp3) is 0.286. The largest absolute Gasteiger partial charge is 0.413 e. The number of hydrogen-bond donors (Lipinski definition) is 1. The molecule has 116 valence electrons. The van der Waals surface area contributed by atoms with E-state index < -0.39 is 11.6 Å². The van der Waals surface area contributed by atoms with E-state index in [0.29, 0.717) is 27.6 Å². The molecule has 2 aromatic heterocycles. The molecule has 0 saturated carbocycles. The Balaban J connectivity index is 2.19. The van der Waals surface area contributed by atoms with Gasteiger partial charge in [0.25, 0.3) is 0 Å². The Hall–Kier alpha value is -1.99. The van der Waals surface area contributed by atoms with Gasteiger partial charge in [0.15, 0.2) is 11.4 Å². The van der Waals surface area contributed by atoms with Crippen LogP contribution in [0.1, 0.15) is 30.4 Å². The maximum absolute atomic E-state index is 11.7. The van der Waals surface area contributed by atoms with E-state index in [-0.39, 0.29) is 5.15 Å². The standard InChI is InChI=1S/C14H14ClN3O3S/c1-14(2,3)18-13(20)21-8-4-5-16-9(6-8)12-17-11(15)10(7-19)22-12/h4-7H,1-3H3,(H,18,20). The molecule has 1 amide bonds. The normalized spacial score (nSPS) is 11.1. The zero-order chi connectivity index (χ0) is 16.3. The van der Waals surface area contributed by atoms with Gasteiger partial charge in [-0.2, -0.15) is 0 Å². The second kappa shape index (κ2) is 6.41. The second-order valence-corrected chi connectivity index (χ2v) is 6.82. The highest BCUT2D eigenvalue weighted by atomic mass is 35.5. The van der Waals surface area contributed by atoms with Crippen LogP contribution in [-0.2, 0) is 0 Å². The summed E-state index contributed by atoms with van der Waals surface area (Å²) in [5, 5.41) is 3.30. The lowest BCUT2D eigenvalue weighted by atomic mass is 10.1. The molecule has 0 aromatic carbocycles. The van der Waals surface area contributed by atoms with E-state index in [2.05, 4.69) is 15.3 Å². The minimum atomic E-state index is -0.560. The summed E-state index contributed by atoms with van der Waals surface area (Å²) in [4.78, 5) is 31.1. The molecule has 0 saturated heterocycles. The number of nitrogens with one attached hydrogen (secondary N) is 1. The number of nitrogens with zero attached hydrogens (tertiary/aromatic N) is 2. The lowest BCUT2D eigenvalue weighted by Crippen LogP contribution is -2.42. The van der Waals surface area contributed by atoms with Gasteiger partial charge >= 0.3 is 6.09 Å². The Bertz CT molecular complexity index is 710. The number of thiazole rings is 1. The number of rotatable bonds is 3. The van der Waals surface area contributed by atoms with Crippen LogP contribution in [-0.4, -0.2) is 27.9 Å². The molecule has 0 fully saturated rings. The summed E-state index contributed by atoms with van der Waals surface area (Å²) in [5.41, 5.74) is 0.0790. The molecule has 2 heterocycles. The summed E-state index contributed by atoms with van der Waals surface area (Å²) in [6, 6.07) is 3.12. The lowest BCUT2D eigenvalue weighted by Gasteiger charge is -2.19. The Kier molecular flexibility index (Phi) is 4.77. The first kappa shape index (κ1) is 16.4. The number of pyridine rings is 1. The molecule has 0 unspecified atom stereocenters. The van der Waals surface area contributed by atoms with E-state index in [4.69, 9.17) is 16.3 Å². The highest BCUT2D eigenvalue weighted by molar-refractivity contribution is 7.17. The van der Waals surface area contributed by atoms with Crippen LogP contribution in [0.15, 0.2) is 18.3 Å². The summed E-state index contributed by atoms with van der Waals surface area (Å²) in [7, 11) is 0. The van der Waals surface area contributed by atoms with Crippen LogP contribution in [0.5, 0.6) is 5.75 Å². The molecule has 6 nitrogen and oxygen atoms in total. The smallest absolute Gasteiger partial charge is 0.410 e. The SMILES string of the molecule is CC(C)(C)NC(=O)Oc1ccnc(-c2nc(Cl)c(C=O)s2)c1. The van der Waals surface area contributed by atoms with E-state index >= 15 is 0 Å². The van der Waals surface area contributed by atoms with Crippen LogP contribution in [0.4, 0.5) is 4.79 Å². The van der Waals surface area contributed by atoms with Crippen LogP contribution in [0.3, 0.4) is 0 Å². The van der Waals surface area contributed by atoms with Gasteiger partial charge < -0.3 is 10.1 Å². The molecule has 0 atom stereocenters. The number of aldehydes is 1. The molecule has 0 radical (unpaired) electrons. The van der Waals surface area contributed by atoms with Crippen molar-refractivity contribution in [1.29, 1.82) is 0 Å². The average molecular weight is 340 g/mol. The van der Waals surface area contributed by atoms with Gasteiger partial charge in [-0.1, -0.05) is 11.6 Å². The van der Waals surface area contributed by atoms with Gasteiger partial charge in [0.05, 0.1) is 0 Å². The highest BCUT2D eigenvalue weighted by Gasteiger charge is 2.16. The van der Waals surface area contributed by atoms with Gasteiger partial charge in [-0.05, 0) is 26.8 Å². The van der Waals surface area contributed by atoms with Crippen molar-refractivity contribution in [2.45, 2.75) is 26.3 Å². The molecular weight excluding hydrogens is 326 g/mol. The molecule has 2 aromatic rings. The maximum Gasteiger partial charge on any atom is 0.413 e. The number of carbonyl (C=O) groups is 2. The predicted molar refractivity (Wildman–Crippen MR) is 84.7 cm³/mol. The van der Waals surface area contributed by atoms with E-state index in [0.717, 1.165) is 11.3 Å². The van der Waals surface area contributed by atoms with Crippen molar-refractivity contribution < 1.29 is 14.3 Å². The summed E-state index contributed by atoms with van der Waals surface area (Å²) in [6.07, 6.45) is 1.57. The van der Waals surface area contributed by atoms with Crippen molar-refractivity contribution in [3.8, 4) is 16.5 Å². The van der Waals surface area contributed by atoms with Crippen LogP contribution < -0.4 is 10.1 Å². The average Bonchev–Trinajstić information content (AvgIpc) is 2.78. The van der Waals surface area contributed by atoms with Crippen LogP contribution in [0.25, 0.3) is 10.7 Å². The lowest BCUT2D eigenvalue weighted by molar-refractivity contribution is 0.112. The molecule has 1 N–H and O–H groups in total. The van der Waals surface area contributed by atoms with Crippen LogP contribution in [0.2, 0.25) is 5.15 Å². The van der Waals surface area contributed by atoms with Gasteiger partial charge in [0.2, 0.25) is 0 Å². The zero-order valence-electron chi connectivity index (χ0n) is 12.2. The zero-order valence-corrected chi connectivity index (χ0v) is 13.8. The Labute approximate surface area is 136 Å². The molecule has 0 aliphatic heterocycles. The van der Waals surface area contributed by atoms with Gasteiger partial charge in [-0.3, -0.25) is 9.78 Å². The van der Waals surface area contributed by atoms with Crippen molar-refractivity contribution in [2.24, 2.45) is 0 Å². The third-order valence-electron chi connectivity index (χ3n) is 2.35. The molecule has 2 rings (SSSR count). The number of aromatic nitrogens is 2. The Morgan fingerprint density at radius 2 is 2.18 bits per heavy atom. The van der Waals surface area contributed by atoms with E-state index in [9.17, 15) is 9.59 Å². The maximum atomic E-state index is 11.7. The number of hydrogen-bond acceptors (Lipinski definition) is 6. The summed E-state index contributed by atoms with van der Waals surface area (Å²) in [5.74, 6) is 0.325. The first-order valence-corrected chi connectivity index (χ1v) is 7.56. The fourth-order valence-electron chi connectivity index (χ4n) is 1.53. The Morgan fingerprint density at radius 3 is 2.77 bits per heavy atom. The first-order valence-electron chi connectivity index (χ1n) is 6.36. The second-order valence-electron chi connectivity index (χ2n) is 5.43. The number of halogens is 1. The van der Waals surface area contributed by atoms with Gasteiger partial charge in [0.1, 0.15) is 21.3 Å². The number of ether oxygens (including phenoxy) is 1. The van der Waals surface area contributed by atoms with Gasteiger partial charge in [0, 0.05) is 17.8 Å². The summed E-state index contributed by atoms with van der Waals surface area (Å²) >= 11 is 6.96. The minimum Gasteiger partial charge on any atom is -0.410 e. The number of carbonyl (C=O) groups excluding carboxylic acids is 2. The van der Waals surface area contributed by atoms with Crippen molar-refractivity contribution in [3.05, 3.63) is 28.4 Å². The molecule has 0 spiro atoms. The fourth-order valence-corrected chi connectivity index (χ4v) is 2.56. The van der Waals surface area contributed by atoms with E-state index in [1.165, 1.54) is 6.20 Å². The third-order valence-corrected chi connectivity index (χ3v) is 3.76. The molecular formula is C14H14ClN3O3S. The van der Waals surface area contributed by atoms with Crippen molar-refractivity contribution in [1.82, 2.24) is 15.3 Å². The monoisotopic (exact) mass is 339 g/mol. The quantitative estimate of drug-likeness (QED) is 0.865. The highest BCUT2D eigenvalue weighted by Crippen LogP contribution is 2.30. The molecule has 22 heavy (non-hydrogen) atoms. The van der Waals surface area contributed by atoms with Crippen molar-refractivity contribution in [2.75, 3.05) is 0 Å². The molecule has 0 aliphatic rings. The molecule has 0 bridgehead atoms. The van der Waals surface area contributed by atoms with Crippen molar-refractivity contribution in [3.63, 3.8) is 0 Å². The summed E-state index contributed by atoms with van der Waals surface area (Å²) < 4.78 is 5.20. The molecule has 8 heteroatoms. The Morgan fingerprint density at radius 1 is 1.45 bits per heavy atom. The van der Waals surface area contributed by atoms with E-state index in [1.807, 2.05) is 20.8 Å². The van der Waals surface area contributed by atoms with Gasteiger partial charge in [-0.25, -0.2) is 9.78 Å². The van der Waals surface area contributed by atoms with Crippen molar-refractivity contribution >= 4 is 35.3 Å². The predicted octanol–water partition coefficient (Wildman–Crippen LogP) is 3.56. The minimum absolute atomic E-state index is 0.133. The summed E-state index contributed by atoms with van der Waals surface area (Å²) in [6.45, 7) is 5.56.